The molecule has 1 aromatic rings. The molecule has 0 saturated carbocycles. The van der Waals surface area contributed by atoms with Gasteiger partial charge in [0.2, 0.25) is 0 Å². The highest BCUT2D eigenvalue weighted by Gasteiger charge is 1.95. The van der Waals surface area contributed by atoms with Gasteiger partial charge in [0.15, 0.2) is 0 Å². The fourth-order valence-electron chi connectivity index (χ4n) is 1.40. The molecule has 2 heteroatoms. The standard InChI is InChI=1S/C12H19NO/c1-10(2)13-8-4-6-11-5-3-7-12(14)9-11/h3,5,7,9-10,13-14H,4,6,8H2,1-2H3. The zero-order chi connectivity index (χ0) is 10.4. The molecule has 0 atom stereocenters. The van der Waals surface area contributed by atoms with Crippen molar-refractivity contribution in [3.05, 3.63) is 29.8 Å². The first-order valence-electron chi connectivity index (χ1n) is 5.20. The summed E-state index contributed by atoms with van der Waals surface area (Å²) in [5.74, 6) is 0.360. The van der Waals surface area contributed by atoms with Gasteiger partial charge in [-0.2, -0.15) is 0 Å². The first kappa shape index (κ1) is 11.1. The average Bonchev–Trinajstić information content (AvgIpc) is 2.12. The van der Waals surface area contributed by atoms with Crippen LogP contribution in [-0.4, -0.2) is 17.7 Å². The van der Waals surface area contributed by atoms with Crippen molar-refractivity contribution >= 4 is 0 Å². The Labute approximate surface area is 86.0 Å². The molecule has 0 aliphatic heterocycles. The molecule has 2 nitrogen and oxygen atoms in total. The maximum atomic E-state index is 9.24. The molecule has 0 aliphatic rings. The summed E-state index contributed by atoms with van der Waals surface area (Å²) in [6.45, 7) is 5.33. The highest BCUT2D eigenvalue weighted by molar-refractivity contribution is 5.27. The molecule has 0 radical (unpaired) electrons. The summed E-state index contributed by atoms with van der Waals surface area (Å²) in [4.78, 5) is 0. The van der Waals surface area contributed by atoms with Crippen molar-refractivity contribution in [2.45, 2.75) is 32.7 Å². The lowest BCUT2D eigenvalue weighted by Crippen LogP contribution is -2.23. The Morgan fingerprint density at radius 3 is 2.79 bits per heavy atom. The molecule has 0 amide bonds. The van der Waals surface area contributed by atoms with Gasteiger partial charge in [-0.3, -0.25) is 0 Å². The number of rotatable bonds is 5. The van der Waals surface area contributed by atoms with Gasteiger partial charge in [-0.15, -0.1) is 0 Å². The number of nitrogens with one attached hydrogen (secondary N) is 1. The van der Waals surface area contributed by atoms with E-state index in [1.54, 1.807) is 6.07 Å². The van der Waals surface area contributed by atoms with Gasteiger partial charge in [0.05, 0.1) is 0 Å². The summed E-state index contributed by atoms with van der Waals surface area (Å²) >= 11 is 0. The fourth-order valence-corrected chi connectivity index (χ4v) is 1.40. The lowest BCUT2D eigenvalue weighted by molar-refractivity contribution is 0.474. The maximum Gasteiger partial charge on any atom is 0.115 e. The van der Waals surface area contributed by atoms with Gasteiger partial charge in [-0.05, 0) is 37.1 Å². The first-order valence-corrected chi connectivity index (χ1v) is 5.20. The van der Waals surface area contributed by atoms with Gasteiger partial charge in [0.25, 0.3) is 0 Å². The van der Waals surface area contributed by atoms with Gasteiger partial charge < -0.3 is 10.4 Å². The van der Waals surface area contributed by atoms with Gasteiger partial charge in [-0.25, -0.2) is 0 Å². The van der Waals surface area contributed by atoms with Crippen LogP contribution < -0.4 is 5.32 Å². The molecule has 0 heterocycles. The zero-order valence-corrected chi connectivity index (χ0v) is 8.96. The second-order valence-electron chi connectivity index (χ2n) is 3.88. The molecule has 14 heavy (non-hydrogen) atoms. The number of aryl methyl sites for hydroxylation is 1. The number of phenols is 1. The van der Waals surface area contributed by atoms with E-state index in [1.165, 1.54) is 5.56 Å². The number of hydrogen-bond acceptors (Lipinski definition) is 2. The highest BCUT2D eigenvalue weighted by Crippen LogP contribution is 2.11. The lowest BCUT2D eigenvalue weighted by atomic mass is 10.1. The molecule has 1 rings (SSSR count). The summed E-state index contributed by atoms with van der Waals surface area (Å²) < 4.78 is 0. The van der Waals surface area contributed by atoms with Crippen LogP contribution in [-0.2, 0) is 6.42 Å². The maximum absolute atomic E-state index is 9.24. The molecular weight excluding hydrogens is 174 g/mol. The van der Waals surface area contributed by atoms with Crippen molar-refractivity contribution in [2.75, 3.05) is 6.54 Å². The van der Waals surface area contributed by atoms with Crippen LogP contribution in [0, 0.1) is 0 Å². The van der Waals surface area contributed by atoms with E-state index in [0.717, 1.165) is 19.4 Å². The summed E-state index contributed by atoms with van der Waals surface area (Å²) in [5, 5.41) is 12.6. The van der Waals surface area contributed by atoms with E-state index >= 15 is 0 Å². The summed E-state index contributed by atoms with van der Waals surface area (Å²) in [6, 6.07) is 8.03. The van der Waals surface area contributed by atoms with Crippen molar-refractivity contribution in [1.82, 2.24) is 5.32 Å². The van der Waals surface area contributed by atoms with Crippen molar-refractivity contribution in [3.63, 3.8) is 0 Å². The van der Waals surface area contributed by atoms with Crippen LogP contribution in [0.5, 0.6) is 5.75 Å². The number of benzene rings is 1. The Bertz CT molecular complexity index is 271. The van der Waals surface area contributed by atoms with E-state index in [0.29, 0.717) is 11.8 Å². The Hall–Kier alpha value is -1.02. The molecule has 0 bridgehead atoms. The van der Waals surface area contributed by atoms with E-state index in [1.807, 2.05) is 12.1 Å². The molecule has 0 fully saturated rings. The van der Waals surface area contributed by atoms with Crippen LogP contribution in [0.3, 0.4) is 0 Å². The topological polar surface area (TPSA) is 32.3 Å². The molecule has 0 spiro atoms. The Balaban J connectivity index is 2.25. The van der Waals surface area contributed by atoms with E-state index in [4.69, 9.17) is 0 Å². The number of phenolic OH excluding ortho intramolecular Hbond substituents is 1. The Kier molecular flexibility index (Phi) is 4.47. The smallest absolute Gasteiger partial charge is 0.115 e. The second kappa shape index (κ2) is 5.66. The van der Waals surface area contributed by atoms with Crippen LogP contribution in [0.4, 0.5) is 0 Å². The minimum atomic E-state index is 0.360. The largest absolute Gasteiger partial charge is 0.508 e. The quantitative estimate of drug-likeness (QED) is 0.703. The van der Waals surface area contributed by atoms with E-state index in [-0.39, 0.29) is 0 Å². The van der Waals surface area contributed by atoms with Crippen LogP contribution in [0.25, 0.3) is 0 Å². The molecule has 0 aromatic heterocycles. The fraction of sp³-hybridized carbons (Fsp3) is 0.500. The SMILES string of the molecule is CC(C)NCCCc1cccc(O)c1. The minimum absolute atomic E-state index is 0.360. The third kappa shape index (κ3) is 4.28. The van der Waals surface area contributed by atoms with Gasteiger partial charge in [0.1, 0.15) is 5.75 Å². The average molecular weight is 193 g/mol. The van der Waals surface area contributed by atoms with Crippen LogP contribution in [0.1, 0.15) is 25.8 Å². The summed E-state index contributed by atoms with van der Waals surface area (Å²) in [7, 11) is 0. The van der Waals surface area contributed by atoms with Gasteiger partial charge >= 0.3 is 0 Å². The molecule has 0 saturated heterocycles. The van der Waals surface area contributed by atoms with Gasteiger partial charge in [0, 0.05) is 6.04 Å². The zero-order valence-electron chi connectivity index (χ0n) is 8.96. The van der Waals surface area contributed by atoms with Crippen molar-refractivity contribution in [3.8, 4) is 5.75 Å². The normalized spacial score (nSPS) is 10.8. The monoisotopic (exact) mass is 193 g/mol. The van der Waals surface area contributed by atoms with Crippen molar-refractivity contribution in [2.24, 2.45) is 0 Å². The third-order valence-corrected chi connectivity index (χ3v) is 2.11. The first-order chi connectivity index (χ1) is 6.68. The molecule has 1 aromatic carbocycles. The molecule has 78 valence electrons. The second-order valence-corrected chi connectivity index (χ2v) is 3.88. The minimum Gasteiger partial charge on any atom is -0.508 e. The predicted molar refractivity (Wildman–Crippen MR) is 59.6 cm³/mol. The molecular formula is C12H19NO. The van der Waals surface area contributed by atoms with E-state index in [9.17, 15) is 5.11 Å². The van der Waals surface area contributed by atoms with Crippen molar-refractivity contribution < 1.29 is 5.11 Å². The third-order valence-electron chi connectivity index (χ3n) is 2.11. The van der Waals surface area contributed by atoms with E-state index < -0.39 is 0 Å². The molecule has 0 aliphatic carbocycles. The summed E-state index contributed by atoms with van der Waals surface area (Å²) in [5.41, 5.74) is 1.20. The van der Waals surface area contributed by atoms with E-state index in [2.05, 4.69) is 25.2 Å². The predicted octanol–water partition coefficient (Wildman–Crippen LogP) is 2.32. The summed E-state index contributed by atoms with van der Waals surface area (Å²) in [6.07, 6.45) is 2.13. The molecule has 0 unspecified atom stereocenters. The Morgan fingerprint density at radius 2 is 2.14 bits per heavy atom. The van der Waals surface area contributed by atoms with Crippen molar-refractivity contribution in [1.29, 1.82) is 0 Å². The molecule has 2 N–H and O–H groups in total. The Morgan fingerprint density at radius 1 is 1.36 bits per heavy atom. The lowest BCUT2D eigenvalue weighted by Gasteiger charge is -2.07. The van der Waals surface area contributed by atoms with Crippen LogP contribution in [0.2, 0.25) is 0 Å². The highest BCUT2D eigenvalue weighted by atomic mass is 16.3. The van der Waals surface area contributed by atoms with Crippen LogP contribution >= 0.6 is 0 Å². The number of hydrogen-bond donors (Lipinski definition) is 2. The van der Waals surface area contributed by atoms with Gasteiger partial charge in [-0.1, -0.05) is 26.0 Å². The van der Waals surface area contributed by atoms with Crippen LogP contribution in [0.15, 0.2) is 24.3 Å². The number of aromatic hydroxyl groups is 1.